The van der Waals surface area contributed by atoms with Crippen LogP contribution in [-0.4, -0.2) is 87.9 Å². The van der Waals surface area contributed by atoms with Crippen molar-refractivity contribution in [1.82, 2.24) is 21.3 Å². The van der Waals surface area contributed by atoms with Crippen LogP contribution in [0.3, 0.4) is 0 Å². The minimum atomic E-state index is -1.66. The zero-order valence-corrected chi connectivity index (χ0v) is 27.5. The van der Waals surface area contributed by atoms with Gasteiger partial charge in [-0.25, -0.2) is 0 Å². The number of nitro groups is 1. The fourth-order valence-electron chi connectivity index (χ4n) is 4.74. The molecule has 258 valence electrons. The Bertz CT molecular complexity index is 1570. The Balaban J connectivity index is 2.05. The molecule has 6 amide bonds. The van der Waals surface area contributed by atoms with Gasteiger partial charge in [-0.1, -0.05) is 12.1 Å². The van der Waals surface area contributed by atoms with Crippen molar-refractivity contribution < 1.29 is 43.9 Å². The molecule has 19 heteroatoms. The number of anilines is 1. The molecule has 0 spiro atoms. The molecule has 11 N–H and O–H groups in total. The number of aliphatic hydroxyl groups excluding tert-OH is 1. The molecule has 2 aromatic rings. The number of rotatable bonds is 8. The summed E-state index contributed by atoms with van der Waals surface area (Å²) < 4.78 is 0.270. The highest BCUT2D eigenvalue weighted by Crippen LogP contribution is 2.29. The Labute approximate surface area is 287 Å². The molecule has 0 aromatic heterocycles. The maximum absolute atomic E-state index is 13.5. The van der Waals surface area contributed by atoms with Gasteiger partial charge in [0.15, 0.2) is 0 Å². The van der Waals surface area contributed by atoms with Gasteiger partial charge < -0.3 is 48.3 Å². The molecule has 0 fully saturated rings. The van der Waals surface area contributed by atoms with Gasteiger partial charge in [-0.3, -0.25) is 38.9 Å². The molecule has 4 atom stereocenters. The summed E-state index contributed by atoms with van der Waals surface area (Å²) in [4.78, 5) is 88.4. The molecular weight excluding hydrogens is 747 g/mol. The van der Waals surface area contributed by atoms with Gasteiger partial charge in [-0.2, -0.15) is 0 Å². The van der Waals surface area contributed by atoms with Crippen LogP contribution in [0.25, 0.3) is 0 Å². The van der Waals surface area contributed by atoms with Gasteiger partial charge in [0.05, 0.1) is 22.8 Å². The Morgan fingerprint density at radius 1 is 0.938 bits per heavy atom. The Morgan fingerprint density at radius 2 is 1.56 bits per heavy atom. The Kier molecular flexibility index (Phi) is 13.4. The highest BCUT2D eigenvalue weighted by Gasteiger charge is 2.32. The molecule has 18 nitrogen and oxygen atoms in total. The second kappa shape index (κ2) is 17.2. The summed E-state index contributed by atoms with van der Waals surface area (Å²) in [7, 11) is 0. The molecule has 1 heterocycles. The molecule has 48 heavy (non-hydrogen) atoms. The highest BCUT2D eigenvalue weighted by atomic mass is 127. The maximum Gasteiger partial charge on any atom is 0.271 e. The number of nitro benzene ring substituents is 1. The van der Waals surface area contributed by atoms with Crippen LogP contribution >= 0.6 is 22.6 Å². The molecule has 0 saturated carbocycles. The third kappa shape index (κ3) is 10.5. The van der Waals surface area contributed by atoms with Crippen molar-refractivity contribution in [1.29, 1.82) is 0 Å². The number of nitrogens with two attached hydrogens (primary N) is 2. The number of phenols is 1. The average molecular weight is 783 g/mol. The first-order valence-electron chi connectivity index (χ1n) is 14.6. The number of amides is 6. The van der Waals surface area contributed by atoms with Gasteiger partial charge in [-0.05, 0) is 59.5 Å². The summed E-state index contributed by atoms with van der Waals surface area (Å²) in [6.45, 7) is -0.843. The monoisotopic (exact) mass is 782 g/mol. The van der Waals surface area contributed by atoms with Crippen molar-refractivity contribution in [2.45, 2.75) is 56.3 Å². The van der Waals surface area contributed by atoms with Crippen molar-refractivity contribution >= 4 is 69.4 Å². The average Bonchev–Trinajstić information content (AvgIpc) is 3.03. The summed E-state index contributed by atoms with van der Waals surface area (Å²) in [6.07, 6.45) is -0.628. The highest BCUT2D eigenvalue weighted by molar-refractivity contribution is 14.1. The molecular formula is C29H35IN8O10. The second-order valence-corrected chi connectivity index (χ2v) is 12.0. The van der Waals surface area contributed by atoms with E-state index in [1.54, 1.807) is 22.6 Å². The number of carbonyl (C=O) groups is 6. The van der Waals surface area contributed by atoms with Crippen LogP contribution < -0.4 is 38.1 Å². The summed E-state index contributed by atoms with van der Waals surface area (Å²) in [5.41, 5.74) is 10.8. The van der Waals surface area contributed by atoms with Crippen molar-refractivity contribution in [3.63, 3.8) is 0 Å². The van der Waals surface area contributed by atoms with E-state index >= 15 is 0 Å². The van der Waals surface area contributed by atoms with Crippen LogP contribution in [0, 0.1) is 13.7 Å². The molecule has 3 rings (SSSR count). The fraction of sp³-hybridized carbons (Fsp3) is 0.379. The first kappa shape index (κ1) is 37.4. The van der Waals surface area contributed by atoms with E-state index in [1.165, 1.54) is 30.3 Å². The third-order valence-electron chi connectivity index (χ3n) is 7.29. The standard InChI is InChI=1S/C29H35IN8O10/c30-18-12-15(38(47)48)11-17-24(18)33-9-1-2-19(25(32)42)34-28(45)21(10-14-3-5-16(40)6-4-14)36-27(44)20(7-8-23(31)41)35-29(46)22(13-39)37-26(17)43/h3-6,11-12,19-22,33,39-40H,1-2,7-10,13H2,(H2,31,41)(H2,32,42)(H,34,45)(H,35,46)(H,36,44)(H,37,43)/t19-,20-,21-,22-/m0/s1. The predicted molar refractivity (Wildman–Crippen MR) is 177 cm³/mol. The topological polar surface area (TPSA) is 298 Å². The minimum Gasteiger partial charge on any atom is -0.508 e. The van der Waals surface area contributed by atoms with Crippen LogP contribution in [0.2, 0.25) is 0 Å². The van der Waals surface area contributed by atoms with E-state index in [-0.39, 0.29) is 59.2 Å². The maximum atomic E-state index is 13.5. The Morgan fingerprint density at radius 3 is 2.17 bits per heavy atom. The Hall–Kier alpha value is -5.05. The van der Waals surface area contributed by atoms with Crippen LogP contribution in [0.4, 0.5) is 11.4 Å². The largest absolute Gasteiger partial charge is 0.508 e. The number of aromatic hydroxyl groups is 1. The number of carbonyl (C=O) groups excluding carboxylic acids is 6. The van der Waals surface area contributed by atoms with Gasteiger partial charge in [-0.15, -0.1) is 0 Å². The number of aliphatic hydroxyl groups is 1. The van der Waals surface area contributed by atoms with Crippen LogP contribution in [-0.2, 0) is 30.4 Å². The van der Waals surface area contributed by atoms with Gasteiger partial charge in [0.2, 0.25) is 29.5 Å². The number of nitrogens with one attached hydrogen (secondary N) is 5. The van der Waals surface area contributed by atoms with E-state index in [0.29, 0.717) is 5.56 Å². The van der Waals surface area contributed by atoms with Gasteiger partial charge in [0.1, 0.15) is 29.9 Å². The number of fused-ring (bicyclic) bond motifs is 1. The summed E-state index contributed by atoms with van der Waals surface area (Å²) in [6, 6.07) is 2.23. The van der Waals surface area contributed by atoms with E-state index in [0.717, 1.165) is 6.07 Å². The number of hydrogen-bond donors (Lipinski definition) is 9. The lowest BCUT2D eigenvalue weighted by atomic mass is 10.0. The lowest BCUT2D eigenvalue weighted by Crippen LogP contribution is -2.59. The predicted octanol–water partition coefficient (Wildman–Crippen LogP) is -1.35. The quantitative estimate of drug-likeness (QED) is 0.0857. The summed E-state index contributed by atoms with van der Waals surface area (Å²) in [5.74, 6) is -5.51. The SMILES string of the molecule is NC(=O)CC[C@@H]1NC(=O)[C@H](CO)NC(=O)c2cc([N+](=O)[O-])cc(I)c2NCCC[C@@H](C(N)=O)NC(=O)[C@H](Cc2ccc(O)cc2)NC1=O. The number of non-ortho nitro benzene ring substituents is 1. The van der Waals surface area contributed by atoms with Gasteiger partial charge >= 0.3 is 0 Å². The van der Waals surface area contributed by atoms with E-state index in [2.05, 4.69) is 26.6 Å². The molecule has 0 aliphatic carbocycles. The first-order chi connectivity index (χ1) is 22.7. The molecule has 0 saturated heterocycles. The van der Waals surface area contributed by atoms with Crippen molar-refractivity contribution in [3.8, 4) is 5.75 Å². The van der Waals surface area contributed by atoms with Gasteiger partial charge in [0.25, 0.3) is 11.6 Å². The minimum absolute atomic E-state index is 0.0168. The van der Waals surface area contributed by atoms with Crippen LogP contribution in [0.15, 0.2) is 36.4 Å². The van der Waals surface area contributed by atoms with Crippen molar-refractivity contribution in [3.05, 3.63) is 61.2 Å². The number of benzene rings is 2. The molecule has 1 aliphatic rings. The fourth-order valence-corrected chi connectivity index (χ4v) is 5.54. The normalized spacial score (nSPS) is 21.1. The molecule has 2 aromatic carbocycles. The zero-order valence-electron chi connectivity index (χ0n) is 25.4. The third-order valence-corrected chi connectivity index (χ3v) is 8.14. The second-order valence-electron chi connectivity index (χ2n) is 10.8. The van der Waals surface area contributed by atoms with Gasteiger partial charge in [0, 0.05) is 35.1 Å². The van der Waals surface area contributed by atoms with Crippen molar-refractivity contribution in [2.75, 3.05) is 18.5 Å². The molecule has 0 radical (unpaired) electrons. The number of hydrogen-bond acceptors (Lipinski definition) is 11. The summed E-state index contributed by atoms with van der Waals surface area (Å²) in [5, 5.41) is 43.9. The molecule has 0 bridgehead atoms. The van der Waals surface area contributed by atoms with Crippen LogP contribution in [0.1, 0.15) is 41.6 Å². The van der Waals surface area contributed by atoms with E-state index in [1.807, 2.05) is 0 Å². The molecule has 1 aliphatic heterocycles. The summed E-state index contributed by atoms with van der Waals surface area (Å²) >= 11 is 1.78. The number of primary amides is 2. The lowest BCUT2D eigenvalue weighted by molar-refractivity contribution is -0.385. The van der Waals surface area contributed by atoms with E-state index in [9.17, 15) is 49.1 Å². The zero-order chi connectivity index (χ0) is 35.5. The van der Waals surface area contributed by atoms with E-state index in [4.69, 9.17) is 11.5 Å². The smallest absolute Gasteiger partial charge is 0.271 e. The van der Waals surface area contributed by atoms with Crippen molar-refractivity contribution in [2.24, 2.45) is 11.5 Å². The van der Waals surface area contributed by atoms with E-state index < -0.39 is 76.8 Å². The lowest BCUT2D eigenvalue weighted by Gasteiger charge is -2.26. The molecule has 0 unspecified atom stereocenters. The number of halogens is 1. The number of nitrogens with zero attached hydrogens (tertiary/aromatic N) is 1. The van der Waals surface area contributed by atoms with Crippen LogP contribution in [0.5, 0.6) is 5.75 Å². The first-order valence-corrected chi connectivity index (χ1v) is 15.7. The number of phenolic OH excluding ortho intramolecular Hbond substituents is 1.